The van der Waals surface area contributed by atoms with Crippen molar-refractivity contribution in [2.45, 2.75) is 12.5 Å². The van der Waals surface area contributed by atoms with Gasteiger partial charge in [0.2, 0.25) is 5.88 Å². The predicted octanol–water partition coefficient (Wildman–Crippen LogP) is 5.24. The molecule has 1 atom stereocenters. The molecule has 3 aromatic carbocycles. The average Bonchev–Trinajstić information content (AvgIpc) is 2.85. The normalized spacial score (nSPS) is 14.4. The van der Waals surface area contributed by atoms with Crippen molar-refractivity contribution in [1.82, 2.24) is 14.5 Å². The molecule has 32 heavy (non-hydrogen) atoms. The minimum absolute atomic E-state index is 0.197. The van der Waals surface area contributed by atoms with Crippen molar-refractivity contribution in [2.24, 2.45) is 0 Å². The number of benzene rings is 3. The van der Waals surface area contributed by atoms with Crippen LogP contribution < -0.4 is 10.2 Å². The van der Waals surface area contributed by atoms with Crippen molar-refractivity contribution in [3.05, 3.63) is 125 Å². The third-order valence-corrected chi connectivity index (χ3v) is 6.02. The Labute approximate surface area is 185 Å². The number of fused-ring (bicyclic) bond motifs is 4. The van der Waals surface area contributed by atoms with Crippen LogP contribution in [0.3, 0.4) is 0 Å². The zero-order valence-electron chi connectivity index (χ0n) is 17.3. The molecule has 0 saturated carbocycles. The molecule has 0 saturated heterocycles. The number of hydrogen-bond donors (Lipinski definition) is 1. The standard InChI is InChI=1S/C27H20N4O/c28-26-25-23(20-10-6-14-29-15-20)24-21-11-5-4-9-19(21)12-13-22(24)32-27(25)30-17-31(26)16-18-7-2-1-3-8-18/h1-15,17,23,28H,16H2. The summed E-state index contributed by atoms with van der Waals surface area (Å²) in [5.41, 5.74) is 4.35. The van der Waals surface area contributed by atoms with Gasteiger partial charge in [-0.1, -0.05) is 66.7 Å². The number of pyridine rings is 1. The summed E-state index contributed by atoms with van der Waals surface area (Å²) in [6.07, 6.45) is 5.34. The third-order valence-electron chi connectivity index (χ3n) is 6.02. The van der Waals surface area contributed by atoms with Crippen LogP contribution in [0.15, 0.2) is 97.6 Å². The summed E-state index contributed by atoms with van der Waals surface area (Å²) in [5.74, 6) is 1.06. The maximum Gasteiger partial charge on any atom is 0.228 e. The Hall–Kier alpha value is -4.25. The van der Waals surface area contributed by atoms with E-state index in [1.807, 2.05) is 53.2 Å². The van der Waals surface area contributed by atoms with Gasteiger partial charge in [0, 0.05) is 23.9 Å². The number of ether oxygens (including phenoxy) is 1. The highest BCUT2D eigenvalue weighted by atomic mass is 16.5. The van der Waals surface area contributed by atoms with E-state index in [0.717, 1.165) is 38.8 Å². The molecule has 2 aromatic heterocycles. The first-order valence-electron chi connectivity index (χ1n) is 10.6. The minimum Gasteiger partial charge on any atom is -0.438 e. The molecule has 5 nitrogen and oxygen atoms in total. The van der Waals surface area contributed by atoms with Gasteiger partial charge in [0.25, 0.3) is 0 Å². The van der Waals surface area contributed by atoms with Crippen LogP contribution in [0.2, 0.25) is 0 Å². The van der Waals surface area contributed by atoms with Crippen molar-refractivity contribution in [3.8, 4) is 11.6 Å². The molecule has 1 aliphatic rings. The fourth-order valence-corrected chi connectivity index (χ4v) is 4.54. The van der Waals surface area contributed by atoms with Gasteiger partial charge in [-0.25, -0.2) is 4.98 Å². The Morgan fingerprint density at radius 2 is 1.72 bits per heavy atom. The summed E-state index contributed by atoms with van der Waals surface area (Å²) in [5, 5.41) is 11.4. The molecule has 0 fully saturated rings. The Balaban J connectivity index is 1.61. The quantitative estimate of drug-likeness (QED) is 0.429. The molecule has 5 aromatic rings. The minimum atomic E-state index is -0.197. The fraction of sp³-hybridized carbons (Fsp3) is 0.0741. The summed E-state index contributed by atoms with van der Waals surface area (Å²) in [6.45, 7) is 0.572. The maximum absolute atomic E-state index is 9.13. The maximum atomic E-state index is 9.13. The van der Waals surface area contributed by atoms with E-state index in [1.54, 1.807) is 12.5 Å². The van der Waals surface area contributed by atoms with Crippen LogP contribution in [0.4, 0.5) is 0 Å². The lowest BCUT2D eigenvalue weighted by Crippen LogP contribution is -2.30. The molecule has 3 heterocycles. The van der Waals surface area contributed by atoms with Gasteiger partial charge in [-0.3, -0.25) is 10.4 Å². The number of aromatic nitrogens is 3. The van der Waals surface area contributed by atoms with Crippen molar-refractivity contribution in [2.75, 3.05) is 0 Å². The lowest BCUT2D eigenvalue weighted by molar-refractivity contribution is 0.424. The van der Waals surface area contributed by atoms with E-state index in [0.29, 0.717) is 17.9 Å². The molecule has 0 radical (unpaired) electrons. The van der Waals surface area contributed by atoms with Crippen LogP contribution in [-0.4, -0.2) is 14.5 Å². The van der Waals surface area contributed by atoms with Gasteiger partial charge < -0.3 is 9.30 Å². The van der Waals surface area contributed by atoms with E-state index >= 15 is 0 Å². The molecule has 1 N–H and O–H groups in total. The zero-order valence-corrected chi connectivity index (χ0v) is 17.3. The van der Waals surface area contributed by atoms with Crippen molar-refractivity contribution in [3.63, 3.8) is 0 Å². The van der Waals surface area contributed by atoms with Crippen LogP contribution in [0, 0.1) is 5.41 Å². The van der Waals surface area contributed by atoms with E-state index in [1.165, 1.54) is 0 Å². The van der Waals surface area contributed by atoms with Crippen molar-refractivity contribution in [1.29, 1.82) is 5.41 Å². The third kappa shape index (κ3) is 2.98. The number of nitrogens with one attached hydrogen (secondary N) is 1. The zero-order chi connectivity index (χ0) is 21.5. The summed E-state index contributed by atoms with van der Waals surface area (Å²) in [4.78, 5) is 9.01. The van der Waals surface area contributed by atoms with Crippen LogP contribution in [0.1, 0.15) is 28.2 Å². The molecule has 6 rings (SSSR count). The highest BCUT2D eigenvalue weighted by Crippen LogP contribution is 2.47. The van der Waals surface area contributed by atoms with Crippen LogP contribution >= 0.6 is 0 Å². The van der Waals surface area contributed by atoms with Crippen LogP contribution in [0.25, 0.3) is 10.8 Å². The van der Waals surface area contributed by atoms with Gasteiger partial charge in [-0.05, 0) is 34.0 Å². The molecule has 0 spiro atoms. The smallest absolute Gasteiger partial charge is 0.228 e. The fourth-order valence-electron chi connectivity index (χ4n) is 4.54. The molecule has 0 amide bonds. The molecular weight excluding hydrogens is 396 g/mol. The second-order valence-electron chi connectivity index (χ2n) is 7.95. The largest absolute Gasteiger partial charge is 0.438 e. The molecule has 0 bridgehead atoms. The summed E-state index contributed by atoms with van der Waals surface area (Å²) in [6, 6.07) is 26.5. The van der Waals surface area contributed by atoms with Crippen molar-refractivity contribution >= 4 is 10.8 Å². The topological polar surface area (TPSA) is 63.8 Å². The predicted molar refractivity (Wildman–Crippen MR) is 123 cm³/mol. The highest BCUT2D eigenvalue weighted by molar-refractivity contribution is 5.90. The van der Waals surface area contributed by atoms with Gasteiger partial charge in [0.05, 0.1) is 12.1 Å². The first-order valence-corrected chi connectivity index (χ1v) is 10.6. The SMILES string of the molecule is N=c1c2c(ncn1Cc1ccccc1)Oc1ccc3ccccc3c1C2c1cccnc1. The monoisotopic (exact) mass is 416 g/mol. The van der Waals surface area contributed by atoms with E-state index in [9.17, 15) is 0 Å². The molecule has 154 valence electrons. The average molecular weight is 416 g/mol. The Kier molecular flexibility index (Phi) is 4.32. The van der Waals surface area contributed by atoms with Gasteiger partial charge in [0.15, 0.2) is 0 Å². The molecule has 0 aliphatic carbocycles. The molecular formula is C27H20N4O. The van der Waals surface area contributed by atoms with Gasteiger partial charge in [-0.15, -0.1) is 0 Å². The number of rotatable bonds is 3. The lowest BCUT2D eigenvalue weighted by Gasteiger charge is -2.29. The first kappa shape index (κ1) is 18.5. The van der Waals surface area contributed by atoms with Gasteiger partial charge >= 0.3 is 0 Å². The van der Waals surface area contributed by atoms with Gasteiger partial charge in [-0.2, -0.15) is 0 Å². The van der Waals surface area contributed by atoms with Crippen molar-refractivity contribution < 1.29 is 4.74 Å². The summed E-state index contributed by atoms with van der Waals surface area (Å²) in [7, 11) is 0. The molecule has 1 unspecified atom stereocenters. The first-order chi connectivity index (χ1) is 15.8. The second kappa shape index (κ2) is 7.46. The van der Waals surface area contributed by atoms with E-state index < -0.39 is 0 Å². The number of hydrogen-bond acceptors (Lipinski definition) is 4. The van der Waals surface area contributed by atoms with Crippen LogP contribution in [-0.2, 0) is 6.54 Å². The molecule has 5 heteroatoms. The van der Waals surface area contributed by atoms with Gasteiger partial charge in [0.1, 0.15) is 17.6 Å². The van der Waals surface area contributed by atoms with E-state index in [2.05, 4.69) is 46.4 Å². The van der Waals surface area contributed by atoms with Crippen LogP contribution in [0.5, 0.6) is 11.6 Å². The Bertz CT molecular complexity index is 1490. The van der Waals surface area contributed by atoms with E-state index in [-0.39, 0.29) is 5.92 Å². The highest BCUT2D eigenvalue weighted by Gasteiger charge is 2.33. The summed E-state index contributed by atoms with van der Waals surface area (Å²) >= 11 is 0. The number of nitrogens with zero attached hydrogens (tertiary/aromatic N) is 3. The summed E-state index contributed by atoms with van der Waals surface area (Å²) < 4.78 is 8.13. The Morgan fingerprint density at radius 1 is 0.875 bits per heavy atom. The molecule has 1 aliphatic heterocycles. The lowest BCUT2D eigenvalue weighted by atomic mass is 9.82. The Morgan fingerprint density at radius 3 is 2.56 bits per heavy atom. The second-order valence-corrected chi connectivity index (χ2v) is 7.95. The van der Waals surface area contributed by atoms with E-state index in [4.69, 9.17) is 10.1 Å².